The van der Waals surface area contributed by atoms with E-state index in [2.05, 4.69) is 40.7 Å². The van der Waals surface area contributed by atoms with Crippen LogP contribution < -0.4 is 0 Å². The molecule has 1 N–H and O–H groups in total. The van der Waals surface area contributed by atoms with E-state index < -0.39 is 0 Å². The monoisotopic (exact) mass is 428 g/mol. The number of hydrogen-bond donors (Lipinski definition) is 1. The Labute approximate surface area is 191 Å². The lowest BCUT2D eigenvalue weighted by molar-refractivity contribution is -0.123. The normalized spacial score (nSPS) is 44.1. The molecule has 176 valence electrons. The highest BCUT2D eigenvalue weighted by atomic mass is 16.3. The highest BCUT2D eigenvalue weighted by Crippen LogP contribution is 2.68. The van der Waals surface area contributed by atoms with Crippen molar-refractivity contribution >= 4 is 5.78 Å². The summed E-state index contributed by atoms with van der Waals surface area (Å²) < 4.78 is 0. The van der Waals surface area contributed by atoms with Gasteiger partial charge < -0.3 is 5.11 Å². The fourth-order valence-electron chi connectivity index (χ4n) is 9.15. The van der Waals surface area contributed by atoms with Crippen molar-refractivity contribution in [1.82, 2.24) is 0 Å². The number of hydrogen-bond acceptors (Lipinski definition) is 2. The third-order valence-corrected chi connectivity index (χ3v) is 11.0. The zero-order chi connectivity index (χ0) is 22.4. The molecule has 0 aromatic heterocycles. The maximum atomic E-state index is 12.6. The first kappa shape index (κ1) is 23.5. The van der Waals surface area contributed by atoms with Gasteiger partial charge in [-0.15, -0.1) is 0 Å². The number of ketones is 1. The molecule has 4 rings (SSSR count). The van der Waals surface area contributed by atoms with Crippen LogP contribution in [-0.4, -0.2) is 17.5 Å². The first-order valence-electron chi connectivity index (χ1n) is 13.6. The fourth-order valence-corrected chi connectivity index (χ4v) is 9.15. The molecule has 0 amide bonds. The SMILES string of the molecule is CCC1C[C@@]2(C)C(=CC1=O)CC[C@H]1[C@@H]3CC[C@H]([C@H](C)CCCC(C)CO)[C@@]3(C)CC[C@@H]12. The largest absolute Gasteiger partial charge is 0.396 e. The van der Waals surface area contributed by atoms with E-state index in [0.717, 1.165) is 42.4 Å². The summed E-state index contributed by atoms with van der Waals surface area (Å²) in [6.07, 6.45) is 16.1. The Hall–Kier alpha value is -0.630. The van der Waals surface area contributed by atoms with Gasteiger partial charge in [0.2, 0.25) is 0 Å². The second-order valence-electron chi connectivity index (χ2n) is 12.6. The standard InChI is InChI=1S/C29H48O2/c1-6-21-17-29(5)22(16-27(21)31)10-11-23-25-13-12-24(28(25,4)15-14-26(23)29)20(3)9-7-8-19(2)18-30/h16,19-21,23-26,30H,6-15,17-18H2,1-5H3/t19?,20-,21?,23+,24-,25+,26+,28-,29+/m1/s1. The minimum atomic E-state index is 0.262. The lowest BCUT2D eigenvalue weighted by Crippen LogP contribution is -2.51. The molecule has 0 aromatic carbocycles. The molecule has 0 saturated heterocycles. The number of fused-ring (bicyclic) bond motifs is 5. The third-order valence-electron chi connectivity index (χ3n) is 11.0. The number of aliphatic hydroxyl groups is 1. The summed E-state index contributed by atoms with van der Waals surface area (Å²) >= 11 is 0. The Morgan fingerprint density at radius 2 is 1.87 bits per heavy atom. The summed E-state index contributed by atoms with van der Waals surface area (Å²) in [6, 6.07) is 0. The molecular formula is C29H48O2. The molecule has 3 saturated carbocycles. The Morgan fingerprint density at radius 1 is 1.10 bits per heavy atom. The van der Waals surface area contributed by atoms with Crippen molar-refractivity contribution in [3.8, 4) is 0 Å². The highest BCUT2D eigenvalue weighted by molar-refractivity contribution is 5.93. The van der Waals surface area contributed by atoms with Gasteiger partial charge in [0, 0.05) is 12.5 Å². The first-order valence-corrected chi connectivity index (χ1v) is 13.6. The molecule has 0 aromatic rings. The Kier molecular flexibility index (Phi) is 6.80. The summed E-state index contributed by atoms with van der Waals surface area (Å²) in [5.74, 6) is 5.39. The van der Waals surface area contributed by atoms with E-state index in [9.17, 15) is 9.90 Å². The lowest BCUT2D eigenvalue weighted by atomic mass is 9.45. The van der Waals surface area contributed by atoms with Crippen molar-refractivity contribution in [3.63, 3.8) is 0 Å². The molecule has 0 radical (unpaired) electrons. The van der Waals surface area contributed by atoms with E-state index in [0.29, 0.717) is 23.7 Å². The van der Waals surface area contributed by atoms with E-state index in [-0.39, 0.29) is 11.3 Å². The number of rotatable bonds is 7. The number of carbonyl (C=O) groups is 1. The van der Waals surface area contributed by atoms with Gasteiger partial charge in [0.1, 0.15) is 0 Å². The quantitative estimate of drug-likeness (QED) is 0.465. The van der Waals surface area contributed by atoms with Crippen molar-refractivity contribution in [2.75, 3.05) is 6.61 Å². The maximum absolute atomic E-state index is 12.6. The Balaban J connectivity index is 1.48. The molecule has 4 aliphatic rings. The van der Waals surface area contributed by atoms with Gasteiger partial charge in [-0.05, 0) is 110 Å². The van der Waals surface area contributed by atoms with E-state index in [4.69, 9.17) is 0 Å². The summed E-state index contributed by atoms with van der Waals surface area (Å²) in [7, 11) is 0. The molecule has 2 heteroatoms. The van der Waals surface area contributed by atoms with Crippen LogP contribution in [0, 0.1) is 52.3 Å². The minimum absolute atomic E-state index is 0.262. The maximum Gasteiger partial charge on any atom is 0.158 e. The van der Waals surface area contributed by atoms with Crippen molar-refractivity contribution in [1.29, 1.82) is 0 Å². The lowest BCUT2D eigenvalue weighted by Gasteiger charge is -2.59. The van der Waals surface area contributed by atoms with Crippen LogP contribution in [0.1, 0.15) is 105 Å². The fraction of sp³-hybridized carbons (Fsp3) is 0.897. The van der Waals surface area contributed by atoms with Crippen LogP contribution >= 0.6 is 0 Å². The first-order chi connectivity index (χ1) is 14.7. The summed E-state index contributed by atoms with van der Waals surface area (Å²) in [5, 5.41) is 9.34. The molecule has 31 heavy (non-hydrogen) atoms. The van der Waals surface area contributed by atoms with Crippen LogP contribution in [-0.2, 0) is 4.79 Å². The molecule has 2 nitrogen and oxygen atoms in total. The molecular weight excluding hydrogens is 380 g/mol. The zero-order valence-electron chi connectivity index (χ0n) is 21.0. The van der Waals surface area contributed by atoms with Gasteiger partial charge in [0.05, 0.1) is 0 Å². The second kappa shape index (κ2) is 8.96. The number of allylic oxidation sites excluding steroid dienone is 1. The average molecular weight is 429 g/mol. The Morgan fingerprint density at radius 3 is 2.58 bits per heavy atom. The summed E-state index contributed by atoms with van der Waals surface area (Å²) in [4.78, 5) is 12.6. The topological polar surface area (TPSA) is 37.3 Å². The molecule has 2 unspecified atom stereocenters. The average Bonchev–Trinajstić information content (AvgIpc) is 3.10. The zero-order valence-corrected chi connectivity index (χ0v) is 21.0. The second-order valence-corrected chi connectivity index (χ2v) is 12.6. The van der Waals surface area contributed by atoms with Gasteiger partial charge >= 0.3 is 0 Å². The third kappa shape index (κ3) is 3.98. The van der Waals surface area contributed by atoms with Crippen molar-refractivity contribution in [3.05, 3.63) is 11.6 Å². The summed E-state index contributed by atoms with van der Waals surface area (Å²) in [6.45, 7) is 12.4. The van der Waals surface area contributed by atoms with Crippen molar-refractivity contribution in [2.24, 2.45) is 52.3 Å². The number of carbonyl (C=O) groups excluding carboxylic acids is 1. The highest BCUT2D eigenvalue weighted by Gasteiger charge is 2.59. The molecule has 3 fully saturated rings. The van der Waals surface area contributed by atoms with Crippen LogP contribution in [0.25, 0.3) is 0 Å². The minimum Gasteiger partial charge on any atom is -0.396 e. The van der Waals surface area contributed by atoms with E-state index >= 15 is 0 Å². The Bertz CT molecular complexity index is 695. The van der Waals surface area contributed by atoms with Crippen molar-refractivity contribution < 1.29 is 9.90 Å². The molecule has 0 bridgehead atoms. The van der Waals surface area contributed by atoms with E-state index in [1.165, 1.54) is 63.4 Å². The molecule has 9 atom stereocenters. The van der Waals surface area contributed by atoms with Crippen LogP contribution in [0.4, 0.5) is 0 Å². The van der Waals surface area contributed by atoms with Crippen LogP contribution in [0.3, 0.4) is 0 Å². The van der Waals surface area contributed by atoms with Crippen LogP contribution in [0.5, 0.6) is 0 Å². The molecule has 0 heterocycles. The van der Waals surface area contributed by atoms with Crippen LogP contribution in [0.15, 0.2) is 11.6 Å². The van der Waals surface area contributed by atoms with Gasteiger partial charge in [0.25, 0.3) is 0 Å². The van der Waals surface area contributed by atoms with Gasteiger partial charge in [-0.1, -0.05) is 53.0 Å². The van der Waals surface area contributed by atoms with E-state index in [1.807, 2.05) is 0 Å². The smallest absolute Gasteiger partial charge is 0.158 e. The molecule has 4 aliphatic carbocycles. The van der Waals surface area contributed by atoms with Gasteiger partial charge in [-0.2, -0.15) is 0 Å². The molecule has 0 spiro atoms. The van der Waals surface area contributed by atoms with Gasteiger partial charge in [0.15, 0.2) is 5.78 Å². The van der Waals surface area contributed by atoms with Crippen molar-refractivity contribution in [2.45, 2.75) is 105 Å². The molecule has 0 aliphatic heterocycles. The predicted molar refractivity (Wildman–Crippen MR) is 129 cm³/mol. The van der Waals surface area contributed by atoms with Gasteiger partial charge in [-0.3, -0.25) is 4.79 Å². The van der Waals surface area contributed by atoms with Crippen LogP contribution in [0.2, 0.25) is 0 Å². The van der Waals surface area contributed by atoms with E-state index in [1.54, 1.807) is 0 Å². The predicted octanol–water partition coefficient (Wildman–Crippen LogP) is 7.21. The number of aliphatic hydroxyl groups excluding tert-OH is 1. The van der Waals surface area contributed by atoms with Gasteiger partial charge in [-0.25, -0.2) is 0 Å². The summed E-state index contributed by atoms with van der Waals surface area (Å²) in [5.41, 5.74) is 2.31.